The molecule has 28 heavy (non-hydrogen) atoms. The highest BCUT2D eigenvalue weighted by atomic mass is 35.5. The highest BCUT2D eigenvalue weighted by molar-refractivity contribution is 6.36. The van der Waals surface area contributed by atoms with Crippen LogP contribution in [0.25, 0.3) is 0 Å². The third-order valence-corrected chi connectivity index (χ3v) is 5.19. The number of ether oxygens (including phenoxy) is 2. The van der Waals surface area contributed by atoms with Crippen LogP contribution in [0.5, 0.6) is 11.5 Å². The average molecular weight is 457 g/mol. The van der Waals surface area contributed by atoms with E-state index in [0.29, 0.717) is 38.1 Å². The van der Waals surface area contributed by atoms with Crippen molar-refractivity contribution < 1.29 is 9.47 Å². The number of benzene rings is 3. The van der Waals surface area contributed by atoms with Gasteiger partial charge >= 0.3 is 0 Å². The molecule has 3 rings (SSSR count). The van der Waals surface area contributed by atoms with E-state index in [4.69, 9.17) is 55.9 Å². The summed E-state index contributed by atoms with van der Waals surface area (Å²) >= 11 is 24.6. The lowest BCUT2D eigenvalue weighted by Crippen LogP contribution is -2.06. The summed E-state index contributed by atoms with van der Waals surface area (Å²) in [5, 5.41) is 5.52. The Balaban J connectivity index is 1.82. The van der Waals surface area contributed by atoms with Gasteiger partial charge in [0.25, 0.3) is 0 Å². The summed E-state index contributed by atoms with van der Waals surface area (Å²) in [4.78, 5) is 0. The Labute approximate surface area is 184 Å². The molecule has 0 bridgehead atoms. The first-order valence-electron chi connectivity index (χ1n) is 8.39. The number of methoxy groups -OCH3 is 1. The van der Waals surface area contributed by atoms with Gasteiger partial charge in [-0.3, -0.25) is 0 Å². The lowest BCUT2D eigenvalue weighted by molar-refractivity contribution is 0.282. The van der Waals surface area contributed by atoms with Crippen molar-refractivity contribution in [3.63, 3.8) is 0 Å². The van der Waals surface area contributed by atoms with Gasteiger partial charge in [-0.15, -0.1) is 0 Å². The quantitative estimate of drug-likeness (QED) is 0.399. The van der Waals surface area contributed by atoms with Crippen molar-refractivity contribution in [3.8, 4) is 11.5 Å². The van der Waals surface area contributed by atoms with Crippen molar-refractivity contribution in [2.75, 3.05) is 12.4 Å². The molecule has 0 radical (unpaired) electrons. The van der Waals surface area contributed by atoms with Crippen molar-refractivity contribution in [2.24, 2.45) is 0 Å². The van der Waals surface area contributed by atoms with E-state index in [1.807, 2.05) is 18.2 Å². The molecule has 0 aliphatic rings. The van der Waals surface area contributed by atoms with Crippen LogP contribution in [0.3, 0.4) is 0 Å². The highest BCUT2D eigenvalue weighted by Gasteiger charge is 2.13. The fourth-order valence-electron chi connectivity index (χ4n) is 2.69. The number of anilines is 1. The van der Waals surface area contributed by atoms with Crippen molar-refractivity contribution in [1.29, 1.82) is 0 Å². The molecule has 7 heteroatoms. The Morgan fingerprint density at radius 1 is 0.857 bits per heavy atom. The lowest BCUT2D eigenvalue weighted by Gasteiger charge is -2.17. The first kappa shape index (κ1) is 20.9. The zero-order chi connectivity index (χ0) is 20.1. The summed E-state index contributed by atoms with van der Waals surface area (Å²) in [7, 11) is 1.60. The van der Waals surface area contributed by atoms with E-state index in [0.717, 1.165) is 16.8 Å². The van der Waals surface area contributed by atoms with Gasteiger partial charge in [0.1, 0.15) is 6.61 Å². The molecule has 0 amide bonds. The highest BCUT2D eigenvalue weighted by Crippen LogP contribution is 2.34. The maximum Gasteiger partial charge on any atom is 0.166 e. The normalized spacial score (nSPS) is 10.6. The SMILES string of the molecule is COc1cccc(CNc2cc(Cl)cc(Cl)c2)c1OCc1c(Cl)cccc1Cl. The van der Waals surface area contributed by atoms with Crippen molar-refractivity contribution in [3.05, 3.63) is 85.8 Å². The molecule has 0 aliphatic heterocycles. The Morgan fingerprint density at radius 2 is 1.50 bits per heavy atom. The van der Waals surface area contributed by atoms with Crippen molar-refractivity contribution in [1.82, 2.24) is 0 Å². The van der Waals surface area contributed by atoms with E-state index >= 15 is 0 Å². The maximum atomic E-state index is 6.25. The summed E-state index contributed by atoms with van der Waals surface area (Å²) < 4.78 is 11.5. The van der Waals surface area contributed by atoms with Gasteiger partial charge in [0.2, 0.25) is 0 Å². The van der Waals surface area contributed by atoms with E-state index in [9.17, 15) is 0 Å². The zero-order valence-electron chi connectivity index (χ0n) is 14.9. The third kappa shape index (κ3) is 5.18. The molecule has 0 unspecified atom stereocenters. The summed E-state index contributed by atoms with van der Waals surface area (Å²) in [6, 6.07) is 16.3. The number of hydrogen-bond acceptors (Lipinski definition) is 3. The molecule has 0 aromatic heterocycles. The topological polar surface area (TPSA) is 30.5 Å². The van der Waals surface area contributed by atoms with Crippen LogP contribution in [0.15, 0.2) is 54.6 Å². The van der Waals surface area contributed by atoms with Crippen molar-refractivity contribution >= 4 is 52.1 Å². The van der Waals surface area contributed by atoms with Gasteiger partial charge in [0.05, 0.1) is 7.11 Å². The molecule has 3 nitrogen and oxygen atoms in total. The fraction of sp³-hybridized carbons (Fsp3) is 0.143. The summed E-state index contributed by atoms with van der Waals surface area (Å²) in [6.07, 6.45) is 0. The molecule has 0 spiro atoms. The molecule has 0 saturated heterocycles. The zero-order valence-corrected chi connectivity index (χ0v) is 18.0. The summed E-state index contributed by atoms with van der Waals surface area (Å²) in [5.41, 5.74) is 2.43. The minimum Gasteiger partial charge on any atom is -0.493 e. The smallest absolute Gasteiger partial charge is 0.166 e. The molecule has 0 aliphatic carbocycles. The standard InChI is InChI=1S/C21H17Cl4NO2/c1-27-20-7-2-4-13(11-26-16-9-14(22)8-15(23)10-16)21(20)28-12-17-18(24)5-3-6-19(17)25/h2-10,26H,11-12H2,1H3. The third-order valence-electron chi connectivity index (χ3n) is 4.05. The van der Waals surface area contributed by atoms with Crippen LogP contribution in [0.2, 0.25) is 20.1 Å². The molecule has 0 fully saturated rings. The molecular weight excluding hydrogens is 440 g/mol. The van der Waals surface area contributed by atoms with Gasteiger partial charge < -0.3 is 14.8 Å². The minimum atomic E-state index is 0.217. The van der Waals surface area contributed by atoms with Gasteiger partial charge in [0.15, 0.2) is 11.5 Å². The monoisotopic (exact) mass is 455 g/mol. The van der Waals surface area contributed by atoms with Gasteiger partial charge in [-0.1, -0.05) is 64.6 Å². The number of rotatable bonds is 7. The van der Waals surface area contributed by atoms with Gasteiger partial charge in [0, 0.05) is 43.4 Å². The Kier molecular flexibility index (Phi) is 7.19. The first-order chi connectivity index (χ1) is 13.5. The van der Waals surface area contributed by atoms with Gasteiger partial charge in [-0.25, -0.2) is 0 Å². The van der Waals surface area contributed by atoms with Crippen LogP contribution in [0, 0.1) is 0 Å². The van der Waals surface area contributed by atoms with Crippen LogP contribution in [-0.4, -0.2) is 7.11 Å². The van der Waals surface area contributed by atoms with Crippen LogP contribution < -0.4 is 14.8 Å². The molecule has 3 aromatic carbocycles. The summed E-state index contributed by atoms with van der Waals surface area (Å²) in [5.74, 6) is 1.23. The second-order valence-electron chi connectivity index (χ2n) is 5.95. The Bertz CT molecular complexity index is 938. The first-order valence-corrected chi connectivity index (χ1v) is 9.90. The van der Waals surface area contributed by atoms with Crippen LogP contribution in [0.1, 0.15) is 11.1 Å². The average Bonchev–Trinajstić information content (AvgIpc) is 2.65. The molecular formula is C21H17Cl4NO2. The second-order valence-corrected chi connectivity index (χ2v) is 7.64. The molecule has 0 atom stereocenters. The van der Waals surface area contributed by atoms with E-state index in [2.05, 4.69) is 5.32 Å². The second kappa shape index (κ2) is 9.62. The van der Waals surface area contributed by atoms with Gasteiger partial charge in [-0.2, -0.15) is 0 Å². The largest absolute Gasteiger partial charge is 0.493 e. The maximum absolute atomic E-state index is 6.25. The predicted molar refractivity (Wildman–Crippen MR) is 118 cm³/mol. The van der Waals surface area contributed by atoms with Crippen LogP contribution >= 0.6 is 46.4 Å². The number of hydrogen-bond donors (Lipinski definition) is 1. The predicted octanol–water partition coefficient (Wildman–Crippen LogP) is 7.50. The summed E-state index contributed by atoms with van der Waals surface area (Å²) in [6.45, 7) is 0.703. The molecule has 146 valence electrons. The van der Waals surface area contributed by atoms with E-state index in [1.165, 1.54) is 0 Å². The molecule has 0 heterocycles. The van der Waals surface area contributed by atoms with E-state index < -0.39 is 0 Å². The molecule has 3 aromatic rings. The number of para-hydroxylation sites is 1. The van der Waals surface area contributed by atoms with Crippen molar-refractivity contribution in [2.45, 2.75) is 13.2 Å². The molecule has 1 N–H and O–H groups in total. The van der Waals surface area contributed by atoms with E-state index in [-0.39, 0.29) is 6.61 Å². The number of nitrogens with one attached hydrogen (secondary N) is 1. The Morgan fingerprint density at radius 3 is 2.14 bits per heavy atom. The number of halogens is 4. The minimum absolute atomic E-state index is 0.217. The molecule has 0 saturated carbocycles. The van der Waals surface area contributed by atoms with Gasteiger partial charge in [-0.05, 0) is 36.4 Å². The van der Waals surface area contributed by atoms with E-state index in [1.54, 1.807) is 43.5 Å². The Hall–Kier alpha value is -1.78. The lowest BCUT2D eigenvalue weighted by atomic mass is 10.1. The van der Waals surface area contributed by atoms with Crippen LogP contribution in [-0.2, 0) is 13.2 Å². The fourth-order valence-corrected chi connectivity index (χ4v) is 3.73. The van der Waals surface area contributed by atoms with Crippen LogP contribution in [0.4, 0.5) is 5.69 Å².